The lowest BCUT2D eigenvalue weighted by atomic mass is 9.77. The molecule has 0 saturated heterocycles. The van der Waals surface area contributed by atoms with Crippen LogP contribution in [0.3, 0.4) is 0 Å². The molecule has 0 bridgehead atoms. The molecule has 0 unspecified atom stereocenters. The second kappa shape index (κ2) is 5.77. The standard InChI is InChI=1S/C19H17Cl2NO/c1-23-17-8-3-2-5-14(17)18-13-7-4-6-12(13)15-9-11(20)10-16(21)19(15)22-18/h2-6,8-10,12-13,18,22H,7H2,1H3/t12-,13-,18+/m0/s1. The number of fused-ring (bicyclic) bond motifs is 3. The molecule has 0 radical (unpaired) electrons. The maximum atomic E-state index is 6.46. The fourth-order valence-electron chi connectivity index (χ4n) is 3.85. The van der Waals surface area contributed by atoms with Gasteiger partial charge < -0.3 is 10.1 Å². The second-order valence-corrected chi connectivity index (χ2v) is 6.91. The number of ether oxygens (including phenoxy) is 1. The van der Waals surface area contributed by atoms with Crippen molar-refractivity contribution in [3.05, 3.63) is 69.7 Å². The van der Waals surface area contributed by atoms with Crippen molar-refractivity contribution >= 4 is 28.9 Å². The number of hydrogen-bond acceptors (Lipinski definition) is 2. The van der Waals surface area contributed by atoms with Gasteiger partial charge in [0, 0.05) is 16.5 Å². The maximum Gasteiger partial charge on any atom is 0.124 e. The topological polar surface area (TPSA) is 21.3 Å². The lowest BCUT2D eigenvalue weighted by Gasteiger charge is -2.38. The Morgan fingerprint density at radius 1 is 1.13 bits per heavy atom. The van der Waals surface area contributed by atoms with Crippen molar-refractivity contribution in [2.75, 3.05) is 12.4 Å². The summed E-state index contributed by atoms with van der Waals surface area (Å²) in [6.07, 6.45) is 5.56. The molecule has 23 heavy (non-hydrogen) atoms. The highest BCUT2D eigenvalue weighted by Gasteiger charge is 2.39. The van der Waals surface area contributed by atoms with Crippen LogP contribution in [-0.4, -0.2) is 7.11 Å². The smallest absolute Gasteiger partial charge is 0.124 e. The predicted octanol–water partition coefficient (Wildman–Crippen LogP) is 5.83. The predicted molar refractivity (Wildman–Crippen MR) is 95.8 cm³/mol. The fourth-order valence-corrected chi connectivity index (χ4v) is 4.42. The van der Waals surface area contributed by atoms with E-state index >= 15 is 0 Å². The largest absolute Gasteiger partial charge is 0.496 e. The minimum absolute atomic E-state index is 0.164. The van der Waals surface area contributed by atoms with Crippen LogP contribution >= 0.6 is 23.2 Å². The third-order valence-corrected chi connectivity index (χ3v) is 5.38. The van der Waals surface area contributed by atoms with Gasteiger partial charge in [-0.2, -0.15) is 0 Å². The fraction of sp³-hybridized carbons (Fsp3) is 0.263. The Bertz CT molecular complexity index is 787. The molecule has 0 aromatic heterocycles. The lowest BCUT2D eigenvalue weighted by molar-refractivity contribution is 0.381. The minimum Gasteiger partial charge on any atom is -0.496 e. The van der Waals surface area contributed by atoms with Gasteiger partial charge in [0.1, 0.15) is 5.75 Å². The quantitative estimate of drug-likeness (QED) is 0.691. The van der Waals surface area contributed by atoms with E-state index in [1.807, 2.05) is 18.2 Å². The van der Waals surface area contributed by atoms with Crippen molar-refractivity contribution in [2.24, 2.45) is 5.92 Å². The Hall–Kier alpha value is -1.64. The number of methoxy groups -OCH3 is 1. The summed E-state index contributed by atoms with van der Waals surface area (Å²) in [5.41, 5.74) is 3.34. The van der Waals surface area contributed by atoms with Crippen LogP contribution in [0, 0.1) is 5.92 Å². The normalized spacial score (nSPS) is 24.7. The van der Waals surface area contributed by atoms with Gasteiger partial charge in [0.05, 0.1) is 23.9 Å². The molecule has 1 aliphatic carbocycles. The molecule has 3 atom stereocenters. The molecule has 0 spiro atoms. The molecule has 0 saturated carbocycles. The Balaban J connectivity index is 1.85. The van der Waals surface area contributed by atoms with E-state index in [9.17, 15) is 0 Å². The van der Waals surface area contributed by atoms with Crippen LogP contribution in [0.1, 0.15) is 29.5 Å². The Labute approximate surface area is 146 Å². The van der Waals surface area contributed by atoms with Crippen LogP contribution in [-0.2, 0) is 0 Å². The molecule has 1 aliphatic heterocycles. The van der Waals surface area contributed by atoms with E-state index < -0.39 is 0 Å². The second-order valence-electron chi connectivity index (χ2n) is 6.07. The molecule has 2 aromatic rings. The molecule has 4 rings (SSSR count). The number of hydrogen-bond donors (Lipinski definition) is 1. The average Bonchev–Trinajstić information content (AvgIpc) is 3.04. The average molecular weight is 346 g/mol. The molecular weight excluding hydrogens is 329 g/mol. The van der Waals surface area contributed by atoms with Gasteiger partial charge >= 0.3 is 0 Å². The zero-order chi connectivity index (χ0) is 16.0. The highest BCUT2D eigenvalue weighted by molar-refractivity contribution is 6.36. The first-order valence-corrected chi connectivity index (χ1v) is 8.49. The SMILES string of the molecule is COc1ccccc1[C@@H]1Nc2c(Cl)cc(Cl)cc2[C@H]2C=CC[C@@H]21. The highest BCUT2D eigenvalue weighted by atomic mass is 35.5. The van der Waals surface area contributed by atoms with Gasteiger partial charge in [0.2, 0.25) is 0 Å². The van der Waals surface area contributed by atoms with Crippen molar-refractivity contribution in [1.82, 2.24) is 0 Å². The third kappa shape index (κ3) is 2.41. The van der Waals surface area contributed by atoms with Gasteiger partial charge in [-0.15, -0.1) is 0 Å². The van der Waals surface area contributed by atoms with Crippen LogP contribution in [0.5, 0.6) is 5.75 Å². The molecule has 118 valence electrons. The van der Waals surface area contributed by atoms with E-state index in [2.05, 4.69) is 29.6 Å². The molecule has 2 aliphatic rings. The number of para-hydroxylation sites is 1. The molecule has 4 heteroatoms. The molecule has 1 heterocycles. The third-order valence-electron chi connectivity index (χ3n) is 4.86. The summed E-state index contributed by atoms with van der Waals surface area (Å²) in [4.78, 5) is 0. The first kappa shape index (κ1) is 14.9. The van der Waals surface area contributed by atoms with Gasteiger partial charge in [0.25, 0.3) is 0 Å². The van der Waals surface area contributed by atoms with E-state index in [0.717, 1.165) is 17.9 Å². The van der Waals surface area contributed by atoms with E-state index in [4.69, 9.17) is 27.9 Å². The van der Waals surface area contributed by atoms with Gasteiger partial charge in [-0.1, -0.05) is 53.6 Å². The van der Waals surface area contributed by atoms with E-state index in [1.165, 1.54) is 11.1 Å². The van der Waals surface area contributed by atoms with Crippen molar-refractivity contribution in [3.8, 4) is 5.75 Å². The van der Waals surface area contributed by atoms with Crippen LogP contribution in [0.2, 0.25) is 10.0 Å². The van der Waals surface area contributed by atoms with Crippen molar-refractivity contribution < 1.29 is 4.74 Å². The van der Waals surface area contributed by atoms with Gasteiger partial charge in [0.15, 0.2) is 0 Å². The van der Waals surface area contributed by atoms with Gasteiger partial charge in [-0.25, -0.2) is 0 Å². The van der Waals surface area contributed by atoms with Gasteiger partial charge in [-0.05, 0) is 36.1 Å². The summed E-state index contributed by atoms with van der Waals surface area (Å²) >= 11 is 12.7. The summed E-state index contributed by atoms with van der Waals surface area (Å²) in [6.45, 7) is 0. The molecular formula is C19H17Cl2NO. The summed E-state index contributed by atoms with van der Waals surface area (Å²) in [7, 11) is 1.72. The first-order valence-electron chi connectivity index (χ1n) is 7.74. The summed E-state index contributed by atoms with van der Waals surface area (Å²) < 4.78 is 5.57. The van der Waals surface area contributed by atoms with Gasteiger partial charge in [-0.3, -0.25) is 0 Å². The van der Waals surface area contributed by atoms with E-state index in [0.29, 0.717) is 21.9 Å². The van der Waals surface area contributed by atoms with Crippen molar-refractivity contribution in [3.63, 3.8) is 0 Å². The summed E-state index contributed by atoms with van der Waals surface area (Å²) in [5, 5.41) is 5.00. The molecule has 0 fully saturated rings. The van der Waals surface area contributed by atoms with Crippen LogP contribution in [0.15, 0.2) is 48.6 Å². The highest BCUT2D eigenvalue weighted by Crippen LogP contribution is 2.53. The molecule has 2 nitrogen and oxygen atoms in total. The number of allylic oxidation sites excluding steroid dienone is 2. The summed E-state index contributed by atoms with van der Waals surface area (Å²) in [6, 6.07) is 12.2. The number of halogens is 2. The zero-order valence-electron chi connectivity index (χ0n) is 12.7. The van der Waals surface area contributed by atoms with E-state index in [1.54, 1.807) is 13.2 Å². The van der Waals surface area contributed by atoms with Crippen molar-refractivity contribution in [2.45, 2.75) is 18.4 Å². The Kier molecular flexibility index (Phi) is 3.74. The molecule has 2 aromatic carbocycles. The summed E-state index contributed by atoms with van der Waals surface area (Å²) in [5.74, 6) is 1.68. The Morgan fingerprint density at radius 2 is 1.96 bits per heavy atom. The molecule has 1 N–H and O–H groups in total. The van der Waals surface area contributed by atoms with Crippen molar-refractivity contribution in [1.29, 1.82) is 0 Å². The lowest BCUT2D eigenvalue weighted by Crippen LogP contribution is -2.29. The number of rotatable bonds is 2. The number of anilines is 1. The minimum atomic E-state index is 0.164. The van der Waals surface area contributed by atoms with Crippen LogP contribution < -0.4 is 10.1 Å². The zero-order valence-corrected chi connectivity index (χ0v) is 14.2. The van der Waals surface area contributed by atoms with Crippen LogP contribution in [0.25, 0.3) is 0 Å². The Morgan fingerprint density at radius 3 is 2.78 bits per heavy atom. The molecule has 0 amide bonds. The number of benzene rings is 2. The number of nitrogens with one attached hydrogen (secondary N) is 1. The van der Waals surface area contributed by atoms with E-state index in [-0.39, 0.29) is 6.04 Å². The first-order chi connectivity index (χ1) is 11.2. The monoisotopic (exact) mass is 345 g/mol. The maximum absolute atomic E-state index is 6.46. The van der Waals surface area contributed by atoms with Crippen LogP contribution in [0.4, 0.5) is 5.69 Å².